The van der Waals surface area contributed by atoms with Crippen molar-refractivity contribution in [3.8, 4) is 0 Å². The van der Waals surface area contributed by atoms with E-state index < -0.39 is 17.5 Å². The summed E-state index contributed by atoms with van der Waals surface area (Å²) < 4.78 is 0. The van der Waals surface area contributed by atoms with Crippen molar-refractivity contribution in [1.29, 1.82) is 0 Å². The number of nitrogens with zero attached hydrogens (tertiary/aromatic N) is 3. The fourth-order valence-corrected chi connectivity index (χ4v) is 4.74. The van der Waals surface area contributed by atoms with Gasteiger partial charge in [-0.05, 0) is 36.7 Å². The van der Waals surface area contributed by atoms with Gasteiger partial charge in [-0.15, -0.1) is 22.7 Å². The second kappa shape index (κ2) is 6.58. The first-order chi connectivity index (χ1) is 12.9. The molecule has 0 unspecified atom stereocenters. The Kier molecular flexibility index (Phi) is 4.35. The highest BCUT2D eigenvalue weighted by atomic mass is 32.1. The average molecular weight is 403 g/mol. The zero-order valence-corrected chi connectivity index (χ0v) is 16.5. The largest absolute Gasteiger partial charge is 0.325 e. The summed E-state index contributed by atoms with van der Waals surface area (Å²) in [4.78, 5) is 40.5. The molecule has 27 heavy (non-hydrogen) atoms. The topological polar surface area (TPSA) is 82.1 Å². The lowest BCUT2D eigenvalue weighted by Crippen LogP contribution is -2.43. The Morgan fingerprint density at radius 1 is 1.26 bits per heavy atom. The second-order valence-corrected chi connectivity index (χ2v) is 8.87. The van der Waals surface area contributed by atoms with Gasteiger partial charge in [0.05, 0.1) is 16.6 Å². The van der Waals surface area contributed by atoms with E-state index in [1.54, 1.807) is 36.5 Å². The van der Waals surface area contributed by atoms with Crippen LogP contribution < -0.4 is 5.32 Å². The van der Waals surface area contributed by atoms with Crippen LogP contribution in [-0.2, 0) is 9.59 Å². The van der Waals surface area contributed by atoms with E-state index in [0.29, 0.717) is 6.42 Å². The number of nitrogens with one attached hydrogen (secondary N) is 1. The molecule has 0 spiro atoms. The van der Waals surface area contributed by atoms with Crippen molar-refractivity contribution in [2.75, 3.05) is 6.54 Å². The Bertz CT molecular complexity index is 919. The summed E-state index contributed by atoms with van der Waals surface area (Å²) in [7, 11) is 0. The van der Waals surface area contributed by atoms with Gasteiger partial charge < -0.3 is 5.32 Å². The van der Waals surface area contributed by atoms with E-state index in [2.05, 4.69) is 10.4 Å². The standard InChI is InChI=1S/C18H18N4O3S2/c1-18(2)16(24)21(17(25)19-18)10-15(23)22-12(14-6-4-8-27-14)9-11(20-22)13-5-3-7-26-13/h3-8,12H,9-10H2,1-2H3,(H,19,25)/t12-/m1/s1. The molecule has 2 aromatic heterocycles. The van der Waals surface area contributed by atoms with Crippen molar-refractivity contribution in [3.63, 3.8) is 0 Å². The smallest absolute Gasteiger partial charge is 0.324 e. The van der Waals surface area contributed by atoms with E-state index in [1.807, 2.05) is 35.0 Å². The SMILES string of the molecule is CC1(C)NC(=O)N(CC(=O)N2N=C(c3cccs3)C[C@@H]2c2cccs2)C1=O. The van der Waals surface area contributed by atoms with E-state index in [4.69, 9.17) is 0 Å². The summed E-state index contributed by atoms with van der Waals surface area (Å²) in [5.41, 5.74) is -0.157. The van der Waals surface area contributed by atoms with Gasteiger partial charge in [-0.1, -0.05) is 12.1 Å². The number of carbonyl (C=O) groups is 3. The lowest BCUT2D eigenvalue weighted by atomic mass is 10.1. The number of rotatable bonds is 4. The molecule has 2 aliphatic rings. The van der Waals surface area contributed by atoms with Crippen LogP contribution in [-0.4, -0.2) is 45.5 Å². The van der Waals surface area contributed by atoms with Crippen molar-refractivity contribution in [2.45, 2.75) is 31.8 Å². The van der Waals surface area contributed by atoms with Crippen LogP contribution in [0.25, 0.3) is 0 Å². The molecular formula is C18H18N4O3S2. The lowest BCUT2D eigenvalue weighted by Gasteiger charge is -2.23. The molecule has 0 saturated carbocycles. The molecule has 4 heterocycles. The summed E-state index contributed by atoms with van der Waals surface area (Å²) in [5.74, 6) is -0.781. The quantitative estimate of drug-likeness (QED) is 0.799. The number of hydrogen-bond acceptors (Lipinski definition) is 6. The monoisotopic (exact) mass is 402 g/mol. The predicted octanol–water partition coefficient (Wildman–Crippen LogP) is 2.82. The van der Waals surface area contributed by atoms with Gasteiger partial charge >= 0.3 is 6.03 Å². The summed E-state index contributed by atoms with van der Waals surface area (Å²) in [6.07, 6.45) is 0.610. The van der Waals surface area contributed by atoms with Crippen LogP contribution in [0, 0.1) is 0 Å². The number of thiophene rings is 2. The third kappa shape index (κ3) is 3.17. The number of hydrazone groups is 1. The fourth-order valence-electron chi connectivity index (χ4n) is 3.20. The minimum absolute atomic E-state index is 0.219. The molecule has 1 atom stereocenters. The van der Waals surface area contributed by atoms with Gasteiger partial charge in [0, 0.05) is 11.3 Å². The fraction of sp³-hybridized carbons (Fsp3) is 0.333. The first-order valence-electron chi connectivity index (χ1n) is 8.48. The molecule has 1 N–H and O–H groups in total. The Balaban J connectivity index is 1.60. The third-order valence-corrected chi connectivity index (χ3v) is 6.47. The zero-order chi connectivity index (χ0) is 19.2. The zero-order valence-electron chi connectivity index (χ0n) is 14.8. The number of urea groups is 1. The highest BCUT2D eigenvalue weighted by Gasteiger charge is 2.46. The number of hydrogen-bond donors (Lipinski definition) is 1. The molecule has 4 amide bonds. The van der Waals surface area contributed by atoms with Crippen molar-refractivity contribution >= 4 is 46.2 Å². The molecule has 4 rings (SSSR count). The summed E-state index contributed by atoms with van der Waals surface area (Å²) in [5, 5.41) is 12.5. The molecule has 2 aliphatic heterocycles. The van der Waals surface area contributed by atoms with Crippen LogP contribution in [0.2, 0.25) is 0 Å². The Morgan fingerprint density at radius 2 is 2.00 bits per heavy atom. The van der Waals surface area contributed by atoms with E-state index >= 15 is 0 Å². The second-order valence-electron chi connectivity index (χ2n) is 6.94. The van der Waals surface area contributed by atoms with Gasteiger partial charge in [-0.25, -0.2) is 9.80 Å². The van der Waals surface area contributed by atoms with Crippen LogP contribution in [0.15, 0.2) is 40.1 Å². The number of imide groups is 1. The number of carbonyl (C=O) groups excluding carboxylic acids is 3. The normalized spacial score (nSPS) is 21.6. The van der Waals surface area contributed by atoms with Crippen LogP contribution in [0.3, 0.4) is 0 Å². The minimum atomic E-state index is -0.999. The molecule has 2 aromatic rings. The maximum Gasteiger partial charge on any atom is 0.325 e. The number of amides is 4. The molecule has 0 radical (unpaired) electrons. The molecule has 140 valence electrons. The highest BCUT2D eigenvalue weighted by molar-refractivity contribution is 7.12. The minimum Gasteiger partial charge on any atom is -0.324 e. The van der Waals surface area contributed by atoms with Crippen LogP contribution in [0.1, 0.15) is 36.1 Å². The summed E-state index contributed by atoms with van der Waals surface area (Å²) >= 11 is 3.13. The van der Waals surface area contributed by atoms with Crippen molar-refractivity contribution in [1.82, 2.24) is 15.2 Å². The molecule has 1 saturated heterocycles. The third-order valence-electron chi connectivity index (χ3n) is 4.58. The molecular weight excluding hydrogens is 384 g/mol. The molecule has 7 nitrogen and oxygen atoms in total. The Hall–Kier alpha value is -2.52. The Labute approximate surface area is 164 Å². The van der Waals surface area contributed by atoms with E-state index in [9.17, 15) is 14.4 Å². The van der Waals surface area contributed by atoms with Gasteiger partial charge in [0.15, 0.2) is 0 Å². The van der Waals surface area contributed by atoms with Crippen LogP contribution in [0.4, 0.5) is 4.79 Å². The van der Waals surface area contributed by atoms with E-state index in [0.717, 1.165) is 20.4 Å². The van der Waals surface area contributed by atoms with Gasteiger partial charge in [-0.2, -0.15) is 5.10 Å². The van der Waals surface area contributed by atoms with Crippen LogP contribution in [0.5, 0.6) is 0 Å². The molecule has 0 aromatic carbocycles. The molecule has 0 aliphatic carbocycles. The molecule has 9 heteroatoms. The summed E-state index contributed by atoms with van der Waals surface area (Å²) in [6.45, 7) is 2.92. The summed E-state index contributed by atoms with van der Waals surface area (Å²) in [6, 6.07) is 7.06. The Morgan fingerprint density at radius 3 is 2.59 bits per heavy atom. The van der Waals surface area contributed by atoms with Gasteiger partial charge in [0.25, 0.3) is 11.8 Å². The first kappa shape index (κ1) is 17.9. The lowest BCUT2D eigenvalue weighted by molar-refractivity contribution is -0.139. The maximum atomic E-state index is 13.0. The highest BCUT2D eigenvalue weighted by Crippen LogP contribution is 2.36. The predicted molar refractivity (Wildman–Crippen MR) is 104 cm³/mol. The molecule has 1 fully saturated rings. The first-order valence-corrected chi connectivity index (χ1v) is 10.2. The average Bonchev–Trinajstić information content (AvgIpc) is 3.39. The van der Waals surface area contributed by atoms with Gasteiger partial charge in [-0.3, -0.25) is 14.5 Å². The maximum absolute atomic E-state index is 13.0. The van der Waals surface area contributed by atoms with Crippen molar-refractivity contribution in [3.05, 3.63) is 44.8 Å². The van der Waals surface area contributed by atoms with Crippen molar-refractivity contribution < 1.29 is 14.4 Å². The molecule has 0 bridgehead atoms. The van der Waals surface area contributed by atoms with E-state index in [-0.39, 0.29) is 18.5 Å². The van der Waals surface area contributed by atoms with Gasteiger partial charge in [0.2, 0.25) is 0 Å². The van der Waals surface area contributed by atoms with Gasteiger partial charge in [0.1, 0.15) is 12.1 Å². The van der Waals surface area contributed by atoms with E-state index in [1.165, 1.54) is 5.01 Å². The van der Waals surface area contributed by atoms with Crippen LogP contribution >= 0.6 is 22.7 Å². The van der Waals surface area contributed by atoms with Crippen molar-refractivity contribution in [2.24, 2.45) is 5.10 Å².